The molecule has 15 heavy (non-hydrogen) atoms. The van der Waals surface area contributed by atoms with Crippen molar-refractivity contribution in [2.24, 2.45) is 0 Å². The van der Waals surface area contributed by atoms with Crippen molar-refractivity contribution < 1.29 is 39.4 Å². The molecule has 1 fully saturated rings. The highest BCUT2D eigenvalue weighted by atomic mass is 17.1. The van der Waals surface area contributed by atoms with Gasteiger partial charge in [-0.2, -0.15) is 0 Å². The number of rotatable bonds is 3. The van der Waals surface area contributed by atoms with Crippen LogP contribution in [0.3, 0.4) is 0 Å². The van der Waals surface area contributed by atoms with Crippen molar-refractivity contribution in [3.63, 3.8) is 0 Å². The van der Waals surface area contributed by atoms with Crippen molar-refractivity contribution in [2.45, 2.75) is 18.1 Å². The third kappa shape index (κ3) is 2.23. The third-order valence-electron chi connectivity index (χ3n) is 1.99. The maximum Gasteiger partial charge on any atom is 0.344 e. The normalized spacial score (nSPS) is 31.8. The number of hydrogen-bond donors (Lipinski definition) is 3. The number of aliphatic hydroxyl groups excluding tert-OH is 1. The molecule has 0 bridgehead atoms. The van der Waals surface area contributed by atoms with E-state index in [1.165, 1.54) is 0 Å². The van der Waals surface area contributed by atoms with E-state index in [0.29, 0.717) is 0 Å². The molecule has 3 N–H and O–H groups in total. The maximum atomic E-state index is 11.2. The number of esters is 2. The predicted octanol–water partition coefficient (Wildman–Crippen LogP) is -1.98. The molecule has 0 aromatic rings. The van der Waals surface area contributed by atoms with Gasteiger partial charge >= 0.3 is 11.9 Å². The van der Waals surface area contributed by atoms with E-state index < -0.39 is 43.5 Å². The van der Waals surface area contributed by atoms with E-state index in [-0.39, 0.29) is 0 Å². The summed E-state index contributed by atoms with van der Waals surface area (Å²) in [7, 11) is 0. The molecule has 8 heteroatoms. The molecule has 0 aliphatic carbocycles. The lowest BCUT2D eigenvalue weighted by Gasteiger charge is -2.24. The summed E-state index contributed by atoms with van der Waals surface area (Å²) in [5.74, 6) is -2.39. The van der Waals surface area contributed by atoms with Crippen LogP contribution in [0.1, 0.15) is 6.42 Å². The summed E-state index contributed by atoms with van der Waals surface area (Å²) in [5.41, 5.74) is -2.46. The van der Waals surface area contributed by atoms with Gasteiger partial charge in [0, 0.05) is 6.42 Å². The van der Waals surface area contributed by atoms with E-state index in [1.54, 1.807) is 0 Å². The van der Waals surface area contributed by atoms with Crippen LogP contribution in [-0.2, 0) is 24.0 Å². The summed E-state index contributed by atoms with van der Waals surface area (Å²) in [4.78, 5) is 25.8. The van der Waals surface area contributed by atoms with Gasteiger partial charge in [0.1, 0.15) is 0 Å². The van der Waals surface area contributed by atoms with Crippen LogP contribution in [-0.4, -0.2) is 52.5 Å². The lowest BCUT2D eigenvalue weighted by Crippen LogP contribution is -2.53. The minimum Gasteiger partial charge on any atom is -0.426 e. The Balaban J connectivity index is 2.86. The van der Waals surface area contributed by atoms with Crippen LogP contribution in [0.4, 0.5) is 0 Å². The highest BCUT2D eigenvalue weighted by Crippen LogP contribution is 2.21. The highest BCUT2D eigenvalue weighted by Gasteiger charge is 2.51. The zero-order valence-corrected chi connectivity index (χ0v) is 7.58. The number of aliphatic hydroxyl groups is 2. The molecule has 2 unspecified atom stereocenters. The SMILES string of the molecule is O=C1OCOC(=O)C(O)(CCOO)C1O. The second-order valence-electron chi connectivity index (χ2n) is 2.92. The van der Waals surface area contributed by atoms with Gasteiger partial charge in [0.25, 0.3) is 0 Å². The molecule has 0 saturated carbocycles. The van der Waals surface area contributed by atoms with Gasteiger partial charge in [0.2, 0.25) is 12.4 Å². The maximum absolute atomic E-state index is 11.2. The second kappa shape index (κ2) is 4.53. The Hall–Kier alpha value is -1.22. The van der Waals surface area contributed by atoms with Crippen LogP contribution in [0.15, 0.2) is 0 Å². The fraction of sp³-hybridized carbons (Fsp3) is 0.714. The number of cyclic esters (lactones) is 2. The Labute approximate surface area is 83.9 Å². The van der Waals surface area contributed by atoms with Crippen molar-refractivity contribution in [3.05, 3.63) is 0 Å². The van der Waals surface area contributed by atoms with Gasteiger partial charge < -0.3 is 19.7 Å². The van der Waals surface area contributed by atoms with Crippen LogP contribution in [0.5, 0.6) is 0 Å². The number of ether oxygens (including phenoxy) is 2. The fourth-order valence-corrected chi connectivity index (χ4v) is 1.09. The molecule has 8 nitrogen and oxygen atoms in total. The molecule has 0 aromatic heterocycles. The van der Waals surface area contributed by atoms with Crippen LogP contribution in [0, 0.1) is 0 Å². The number of carbonyl (C=O) groups excluding carboxylic acids is 2. The lowest BCUT2D eigenvalue weighted by atomic mass is 9.93. The van der Waals surface area contributed by atoms with Crippen molar-refractivity contribution in [3.8, 4) is 0 Å². The highest BCUT2D eigenvalue weighted by molar-refractivity contribution is 5.90. The first-order valence-electron chi connectivity index (χ1n) is 4.03. The van der Waals surface area contributed by atoms with Gasteiger partial charge in [0.15, 0.2) is 6.10 Å². The lowest BCUT2D eigenvalue weighted by molar-refractivity contribution is -0.252. The zero-order valence-electron chi connectivity index (χ0n) is 7.58. The van der Waals surface area contributed by atoms with Gasteiger partial charge in [-0.15, -0.1) is 0 Å². The molecular formula is C7H10O8. The Morgan fingerprint density at radius 1 is 1.47 bits per heavy atom. The average molecular weight is 222 g/mol. The monoisotopic (exact) mass is 222 g/mol. The zero-order chi connectivity index (χ0) is 11.5. The van der Waals surface area contributed by atoms with Gasteiger partial charge in [-0.25, -0.2) is 14.5 Å². The summed E-state index contributed by atoms with van der Waals surface area (Å²) in [6.45, 7) is -1.12. The summed E-state index contributed by atoms with van der Waals surface area (Å²) in [5, 5.41) is 27.0. The summed E-state index contributed by atoms with van der Waals surface area (Å²) < 4.78 is 8.59. The molecule has 1 heterocycles. The second-order valence-corrected chi connectivity index (χ2v) is 2.92. The van der Waals surface area contributed by atoms with Gasteiger partial charge in [-0.1, -0.05) is 0 Å². The first-order chi connectivity index (χ1) is 7.02. The smallest absolute Gasteiger partial charge is 0.344 e. The summed E-state index contributed by atoms with van der Waals surface area (Å²) >= 11 is 0. The van der Waals surface area contributed by atoms with Gasteiger partial charge in [0.05, 0.1) is 6.61 Å². The van der Waals surface area contributed by atoms with E-state index in [4.69, 9.17) is 5.26 Å². The van der Waals surface area contributed by atoms with E-state index in [9.17, 15) is 19.8 Å². The van der Waals surface area contributed by atoms with Crippen molar-refractivity contribution >= 4 is 11.9 Å². The first-order valence-corrected chi connectivity index (χ1v) is 4.03. The fourth-order valence-electron chi connectivity index (χ4n) is 1.09. The molecule has 1 aliphatic heterocycles. The Bertz CT molecular complexity index is 264. The predicted molar refractivity (Wildman–Crippen MR) is 41.2 cm³/mol. The Kier molecular flexibility index (Phi) is 3.58. The van der Waals surface area contributed by atoms with Crippen molar-refractivity contribution in [1.29, 1.82) is 0 Å². The van der Waals surface area contributed by atoms with E-state index in [1.807, 2.05) is 0 Å². The standard InChI is InChI=1S/C7H10O8/c8-4-5(9)13-3-14-6(10)7(4,11)1-2-15-12/h4,8,11-12H,1-3H2. The van der Waals surface area contributed by atoms with E-state index in [0.717, 1.165) is 0 Å². The van der Waals surface area contributed by atoms with E-state index in [2.05, 4.69) is 14.4 Å². The van der Waals surface area contributed by atoms with Gasteiger partial charge in [-0.3, -0.25) is 5.26 Å². The first kappa shape index (κ1) is 11.9. The van der Waals surface area contributed by atoms with Crippen molar-refractivity contribution in [1.82, 2.24) is 0 Å². The third-order valence-corrected chi connectivity index (χ3v) is 1.99. The molecule has 1 rings (SSSR count). The molecule has 0 radical (unpaired) electrons. The quantitative estimate of drug-likeness (QED) is 0.285. The molecule has 1 aliphatic rings. The molecule has 2 atom stereocenters. The van der Waals surface area contributed by atoms with Crippen molar-refractivity contribution in [2.75, 3.05) is 13.4 Å². The molecule has 1 saturated heterocycles. The van der Waals surface area contributed by atoms with Crippen LogP contribution >= 0.6 is 0 Å². The minimum absolute atomic E-state index is 0.448. The summed E-state index contributed by atoms with van der Waals surface area (Å²) in [6, 6.07) is 0. The average Bonchev–Trinajstić information content (AvgIpc) is 2.31. The van der Waals surface area contributed by atoms with Crippen LogP contribution in [0.25, 0.3) is 0 Å². The molecule has 0 amide bonds. The Morgan fingerprint density at radius 3 is 2.73 bits per heavy atom. The largest absolute Gasteiger partial charge is 0.426 e. The number of carbonyl (C=O) groups is 2. The van der Waals surface area contributed by atoms with Gasteiger partial charge in [-0.05, 0) is 0 Å². The Morgan fingerprint density at radius 2 is 2.13 bits per heavy atom. The van der Waals surface area contributed by atoms with E-state index >= 15 is 0 Å². The topological polar surface area (TPSA) is 123 Å². The molecular weight excluding hydrogens is 212 g/mol. The van der Waals surface area contributed by atoms with Crippen LogP contribution in [0.2, 0.25) is 0 Å². The minimum atomic E-state index is -2.46. The summed E-state index contributed by atoms with van der Waals surface area (Å²) in [6.07, 6.45) is -2.57. The molecule has 0 aromatic carbocycles. The van der Waals surface area contributed by atoms with Crippen LogP contribution < -0.4 is 0 Å². The molecule has 0 spiro atoms. The number of hydrogen-bond acceptors (Lipinski definition) is 8. The molecule has 86 valence electrons.